The van der Waals surface area contributed by atoms with Crippen LogP contribution in [-0.4, -0.2) is 11.9 Å². The highest BCUT2D eigenvalue weighted by Gasteiger charge is 2.07. The van der Waals surface area contributed by atoms with E-state index in [1.54, 1.807) is 12.1 Å². The van der Waals surface area contributed by atoms with Gasteiger partial charge in [-0.15, -0.1) is 0 Å². The maximum atomic E-state index is 13.2. The zero-order valence-corrected chi connectivity index (χ0v) is 11.4. The number of hydrogen-bond acceptors (Lipinski definition) is 2. The molecule has 4 heteroatoms. The van der Waals surface area contributed by atoms with E-state index in [-0.39, 0.29) is 11.6 Å². The summed E-state index contributed by atoms with van der Waals surface area (Å²) in [6.45, 7) is 1.57. The molecular weight excluding hydrogens is 258 g/mol. The van der Waals surface area contributed by atoms with Crippen molar-refractivity contribution >= 4 is 0 Å². The average Bonchev–Trinajstić information content (AvgIpc) is 2.40. The first-order valence-electron chi connectivity index (χ1n) is 6.49. The Kier molecular flexibility index (Phi) is 4.82. The van der Waals surface area contributed by atoms with E-state index >= 15 is 0 Å². The Labute approximate surface area is 117 Å². The highest BCUT2D eigenvalue weighted by molar-refractivity contribution is 5.28. The lowest BCUT2D eigenvalue weighted by Crippen LogP contribution is -2.19. The van der Waals surface area contributed by atoms with E-state index in [1.165, 1.54) is 24.3 Å². The van der Waals surface area contributed by atoms with Gasteiger partial charge in [-0.05, 0) is 48.0 Å². The van der Waals surface area contributed by atoms with Gasteiger partial charge >= 0.3 is 0 Å². The third-order valence-corrected chi connectivity index (χ3v) is 3.17. The van der Waals surface area contributed by atoms with Gasteiger partial charge in [-0.1, -0.05) is 18.2 Å². The second-order valence-corrected chi connectivity index (χ2v) is 4.92. The second-order valence-electron chi connectivity index (χ2n) is 4.92. The molecule has 0 aliphatic heterocycles. The minimum atomic E-state index is -0.276. The number of benzene rings is 2. The first-order valence-corrected chi connectivity index (χ1v) is 6.49. The lowest BCUT2D eigenvalue weighted by atomic mass is 10.1. The molecule has 0 aliphatic carbocycles. The van der Waals surface area contributed by atoms with Crippen LogP contribution < -0.4 is 5.73 Å². The molecule has 2 nitrogen and oxygen atoms in total. The van der Waals surface area contributed by atoms with Crippen LogP contribution in [0.2, 0.25) is 0 Å². The van der Waals surface area contributed by atoms with Gasteiger partial charge in [-0.25, -0.2) is 8.78 Å². The van der Waals surface area contributed by atoms with Crippen molar-refractivity contribution in [2.75, 3.05) is 7.05 Å². The minimum Gasteiger partial charge on any atom is -0.326 e. The maximum absolute atomic E-state index is 13.2. The molecular formula is C16H18F2N2. The molecule has 0 unspecified atom stereocenters. The highest BCUT2D eigenvalue weighted by Crippen LogP contribution is 2.14. The van der Waals surface area contributed by atoms with Crippen LogP contribution in [0.3, 0.4) is 0 Å². The fraction of sp³-hybridized carbons (Fsp3) is 0.250. The van der Waals surface area contributed by atoms with Crippen molar-refractivity contribution in [3.8, 4) is 0 Å². The van der Waals surface area contributed by atoms with Crippen LogP contribution in [0.1, 0.15) is 16.7 Å². The Morgan fingerprint density at radius 1 is 0.950 bits per heavy atom. The zero-order valence-electron chi connectivity index (χ0n) is 11.4. The summed E-state index contributed by atoms with van der Waals surface area (Å²) in [5, 5.41) is 0. The molecule has 0 bridgehead atoms. The molecule has 0 spiro atoms. The lowest BCUT2D eigenvalue weighted by molar-refractivity contribution is 0.317. The van der Waals surface area contributed by atoms with Gasteiger partial charge in [0.15, 0.2) is 0 Å². The van der Waals surface area contributed by atoms with Crippen molar-refractivity contribution in [2.24, 2.45) is 5.73 Å². The van der Waals surface area contributed by atoms with Gasteiger partial charge in [-0.2, -0.15) is 0 Å². The largest absolute Gasteiger partial charge is 0.326 e. The van der Waals surface area contributed by atoms with Crippen LogP contribution in [0, 0.1) is 11.6 Å². The molecule has 2 N–H and O–H groups in total. The average molecular weight is 276 g/mol. The van der Waals surface area contributed by atoms with E-state index in [0.717, 1.165) is 16.7 Å². The van der Waals surface area contributed by atoms with Crippen molar-refractivity contribution in [1.82, 2.24) is 4.90 Å². The van der Waals surface area contributed by atoms with Gasteiger partial charge in [0.2, 0.25) is 0 Å². The van der Waals surface area contributed by atoms with Crippen LogP contribution in [0.15, 0.2) is 42.5 Å². The summed E-state index contributed by atoms with van der Waals surface area (Å²) in [5.74, 6) is -0.512. The fourth-order valence-corrected chi connectivity index (χ4v) is 2.23. The van der Waals surface area contributed by atoms with Gasteiger partial charge in [-0.3, -0.25) is 4.90 Å². The number of halogens is 2. The van der Waals surface area contributed by atoms with E-state index < -0.39 is 0 Å². The molecule has 2 rings (SSSR count). The normalized spacial score (nSPS) is 11.1. The number of nitrogens with two attached hydrogens (primary N) is 1. The monoisotopic (exact) mass is 276 g/mol. The van der Waals surface area contributed by atoms with E-state index in [1.807, 2.05) is 18.0 Å². The van der Waals surface area contributed by atoms with Gasteiger partial charge in [0.1, 0.15) is 11.6 Å². The molecule has 20 heavy (non-hydrogen) atoms. The third-order valence-electron chi connectivity index (χ3n) is 3.17. The summed E-state index contributed by atoms with van der Waals surface area (Å²) in [6.07, 6.45) is 0. The highest BCUT2D eigenvalue weighted by atomic mass is 19.1. The van der Waals surface area contributed by atoms with Gasteiger partial charge in [0.05, 0.1) is 0 Å². The lowest BCUT2D eigenvalue weighted by Gasteiger charge is -2.18. The number of nitrogens with zero attached hydrogens (tertiary/aromatic N) is 1. The van der Waals surface area contributed by atoms with Gasteiger partial charge in [0.25, 0.3) is 0 Å². The Balaban J connectivity index is 2.06. The zero-order chi connectivity index (χ0) is 14.5. The molecule has 0 saturated carbocycles. The third kappa shape index (κ3) is 3.85. The van der Waals surface area contributed by atoms with Crippen LogP contribution in [0.4, 0.5) is 8.78 Å². The molecule has 106 valence electrons. The summed E-state index contributed by atoms with van der Waals surface area (Å²) >= 11 is 0. The van der Waals surface area contributed by atoms with E-state index in [0.29, 0.717) is 19.6 Å². The first kappa shape index (κ1) is 14.6. The standard InChI is InChI=1S/C16H18F2N2/c1-20(10-12-3-2-4-15(17)7-12)11-13-5-6-16(18)8-14(13)9-19/h2-8H,9-11,19H2,1H3. The number of rotatable bonds is 5. The Bertz CT molecular complexity index is 584. The predicted octanol–water partition coefficient (Wildman–Crippen LogP) is 3.06. The van der Waals surface area contributed by atoms with Crippen molar-refractivity contribution < 1.29 is 8.78 Å². The predicted molar refractivity (Wildman–Crippen MR) is 75.9 cm³/mol. The van der Waals surface area contributed by atoms with Gasteiger partial charge in [0, 0.05) is 19.6 Å². The fourth-order valence-electron chi connectivity index (χ4n) is 2.23. The molecule has 0 amide bonds. The van der Waals surface area contributed by atoms with Crippen molar-refractivity contribution in [1.29, 1.82) is 0 Å². The molecule has 2 aromatic rings. The smallest absolute Gasteiger partial charge is 0.123 e. The molecule has 0 heterocycles. The van der Waals surface area contributed by atoms with Crippen LogP contribution in [-0.2, 0) is 19.6 Å². The van der Waals surface area contributed by atoms with Crippen molar-refractivity contribution in [3.05, 3.63) is 70.8 Å². The van der Waals surface area contributed by atoms with Crippen LogP contribution in [0.25, 0.3) is 0 Å². The molecule has 0 fully saturated rings. The summed E-state index contributed by atoms with van der Waals surface area (Å²) < 4.78 is 26.3. The van der Waals surface area contributed by atoms with E-state index in [4.69, 9.17) is 5.73 Å². The summed E-state index contributed by atoms with van der Waals surface area (Å²) in [4.78, 5) is 2.04. The van der Waals surface area contributed by atoms with Crippen molar-refractivity contribution in [3.63, 3.8) is 0 Å². The molecule has 0 radical (unpaired) electrons. The molecule has 0 atom stereocenters. The quantitative estimate of drug-likeness (QED) is 0.909. The summed E-state index contributed by atoms with van der Waals surface area (Å²) in [7, 11) is 1.94. The summed E-state index contributed by atoms with van der Waals surface area (Å²) in [5.41, 5.74) is 8.33. The summed E-state index contributed by atoms with van der Waals surface area (Å²) in [6, 6.07) is 11.2. The van der Waals surface area contributed by atoms with E-state index in [9.17, 15) is 8.78 Å². The molecule has 0 aromatic heterocycles. The van der Waals surface area contributed by atoms with Gasteiger partial charge < -0.3 is 5.73 Å². The molecule has 2 aromatic carbocycles. The SMILES string of the molecule is CN(Cc1cccc(F)c1)Cc1ccc(F)cc1CN. The van der Waals surface area contributed by atoms with Crippen molar-refractivity contribution in [2.45, 2.75) is 19.6 Å². The molecule has 0 aliphatic rings. The second kappa shape index (κ2) is 6.59. The van der Waals surface area contributed by atoms with Crippen LogP contribution in [0.5, 0.6) is 0 Å². The number of hydrogen-bond donors (Lipinski definition) is 1. The first-order chi connectivity index (χ1) is 9.58. The Morgan fingerprint density at radius 2 is 1.70 bits per heavy atom. The molecule has 0 saturated heterocycles. The minimum absolute atomic E-state index is 0.236. The topological polar surface area (TPSA) is 29.3 Å². The van der Waals surface area contributed by atoms with E-state index in [2.05, 4.69) is 0 Å². The Hall–Kier alpha value is -1.78. The maximum Gasteiger partial charge on any atom is 0.123 e. The van der Waals surface area contributed by atoms with Crippen LogP contribution >= 0.6 is 0 Å². The Morgan fingerprint density at radius 3 is 2.40 bits per heavy atom.